The summed E-state index contributed by atoms with van der Waals surface area (Å²) in [6.07, 6.45) is 57.5. The van der Waals surface area contributed by atoms with E-state index in [1.807, 2.05) is 95.4 Å². The largest absolute Gasteiger partial charge is 0.481 e. The number of unbranched alkanes of at least 4 members (excludes halogenated alkanes) is 3. The number of carbonyl (C=O) groups excluding carboxylic acids is 3. The minimum absolute atomic E-state index is 0.0310. The molecule has 20 saturated carbocycles. The topological polar surface area (TPSA) is 186 Å². The van der Waals surface area contributed by atoms with Crippen LogP contribution in [-0.2, 0) is 28.7 Å². The van der Waals surface area contributed by atoms with E-state index < -0.39 is 18.2 Å². The molecule has 0 spiro atoms. The van der Waals surface area contributed by atoms with Crippen molar-refractivity contribution in [2.75, 3.05) is 64.0 Å². The number of likely N-dealkylation sites (N-methyl/N-ethyl adjacent to an activating group) is 2. The minimum atomic E-state index is -0.648. The molecule has 2 aromatic rings. The number of alkyl halides is 2. The van der Waals surface area contributed by atoms with Gasteiger partial charge in [-0.1, -0.05) is 124 Å². The molecule has 13 nitrogen and oxygen atoms in total. The van der Waals surface area contributed by atoms with Crippen molar-refractivity contribution >= 4 is 57.9 Å². The van der Waals surface area contributed by atoms with Crippen molar-refractivity contribution in [2.45, 2.75) is 342 Å². The molecule has 20 aliphatic carbocycles. The zero-order chi connectivity index (χ0) is 83.1. The van der Waals surface area contributed by atoms with Gasteiger partial charge in [-0.3, -0.25) is 19.2 Å². The fourth-order valence-corrected chi connectivity index (χ4v) is 31.4. The van der Waals surface area contributed by atoms with Crippen LogP contribution in [0.4, 0.5) is 0 Å². The summed E-state index contributed by atoms with van der Waals surface area (Å²) >= 11 is 8.24. The second-order valence-corrected chi connectivity index (χ2v) is 45.2. The van der Waals surface area contributed by atoms with Gasteiger partial charge in [0.1, 0.15) is 0 Å². The first-order chi connectivity index (χ1) is 56.2. The maximum atomic E-state index is 13.1. The van der Waals surface area contributed by atoms with Gasteiger partial charge in [-0.2, -0.15) is 0 Å². The molecule has 22 rings (SSSR count). The smallest absolute Gasteiger partial charge is 0.306 e. The average molecular weight is 1750 g/mol. The predicted octanol–water partition coefficient (Wildman–Crippen LogP) is 23.1. The van der Waals surface area contributed by atoms with Gasteiger partial charge in [0.05, 0.1) is 50.0 Å². The molecular formula is C102H163ClIN3O10. The van der Waals surface area contributed by atoms with Crippen LogP contribution < -0.4 is 5.32 Å². The third-order valence-corrected chi connectivity index (χ3v) is 35.1. The predicted molar refractivity (Wildman–Crippen MR) is 482 cm³/mol. The van der Waals surface area contributed by atoms with Crippen LogP contribution in [0.2, 0.25) is 0 Å². The lowest BCUT2D eigenvalue weighted by Crippen LogP contribution is -2.46. The van der Waals surface area contributed by atoms with E-state index in [0.29, 0.717) is 61.1 Å². The van der Waals surface area contributed by atoms with Crippen LogP contribution in [0.1, 0.15) is 341 Å². The summed E-state index contributed by atoms with van der Waals surface area (Å²) in [5.74, 6) is 16.0. The van der Waals surface area contributed by atoms with Gasteiger partial charge in [-0.15, -0.1) is 11.6 Å². The number of aliphatic hydroxyl groups is 3. The highest BCUT2D eigenvalue weighted by molar-refractivity contribution is 14.1. The van der Waals surface area contributed by atoms with E-state index in [9.17, 15) is 29.4 Å². The van der Waals surface area contributed by atoms with Gasteiger partial charge in [0.25, 0.3) is 0 Å². The lowest BCUT2D eigenvalue weighted by Gasteiger charge is -2.57. The second kappa shape index (κ2) is 43.4. The number of rotatable bonds is 35. The zero-order valence-corrected chi connectivity index (χ0v) is 77.3. The Hall–Kier alpha value is -2.86. The number of nitrogens with zero attached hydrogens (tertiary/aromatic N) is 2. The maximum absolute atomic E-state index is 13.1. The van der Waals surface area contributed by atoms with E-state index >= 15 is 0 Å². The number of benzene rings is 2. The Morgan fingerprint density at radius 2 is 0.744 bits per heavy atom. The molecule has 20 aliphatic rings. The molecule has 117 heavy (non-hydrogen) atoms. The summed E-state index contributed by atoms with van der Waals surface area (Å²) in [4.78, 5) is 51.3. The number of carboxylic acid groups (broad SMARTS) is 1. The Balaban J connectivity index is 0.000000133. The molecule has 0 heterocycles. The molecule has 20 bridgehead atoms. The monoisotopic (exact) mass is 1750 g/mol. The van der Waals surface area contributed by atoms with Crippen LogP contribution in [0, 0.1) is 134 Å². The van der Waals surface area contributed by atoms with E-state index in [-0.39, 0.29) is 47.6 Å². The first-order valence-electron chi connectivity index (χ1n) is 48.6. The molecule has 0 unspecified atom stereocenters. The Bertz CT molecular complexity index is 3150. The molecule has 0 aromatic heterocycles. The van der Waals surface area contributed by atoms with E-state index in [1.165, 1.54) is 197 Å². The Kier molecular flexibility index (Phi) is 34.6. The highest BCUT2D eigenvalue weighted by Crippen LogP contribution is 2.66. The molecule has 660 valence electrons. The van der Waals surface area contributed by atoms with Gasteiger partial charge in [0, 0.05) is 62.4 Å². The van der Waals surface area contributed by atoms with E-state index in [0.717, 1.165) is 156 Å². The Morgan fingerprint density at radius 3 is 1.07 bits per heavy atom. The second-order valence-electron chi connectivity index (χ2n) is 43.8. The average Bonchev–Trinajstić information content (AvgIpc) is 0.784. The zero-order valence-electron chi connectivity index (χ0n) is 74.4. The van der Waals surface area contributed by atoms with Gasteiger partial charge in [-0.25, -0.2) is 0 Å². The summed E-state index contributed by atoms with van der Waals surface area (Å²) in [7, 11) is 3.57. The number of aliphatic hydroxyl groups excluding tert-OH is 3. The molecule has 0 saturated heterocycles. The van der Waals surface area contributed by atoms with Crippen LogP contribution in [0.3, 0.4) is 0 Å². The first-order valence-corrected chi connectivity index (χ1v) is 50.6. The third-order valence-electron chi connectivity index (χ3n) is 34.3. The van der Waals surface area contributed by atoms with Crippen molar-refractivity contribution in [3.05, 3.63) is 71.8 Å². The lowest BCUT2D eigenvalue weighted by atomic mass is 9.48. The van der Waals surface area contributed by atoms with Crippen LogP contribution in [0.15, 0.2) is 60.7 Å². The number of hydrogen-bond donors (Lipinski definition) is 5. The third kappa shape index (κ3) is 25.5. The number of carbonyl (C=O) groups is 4. The summed E-state index contributed by atoms with van der Waals surface area (Å²) in [6.45, 7) is 15.3. The highest BCUT2D eigenvalue weighted by atomic mass is 127. The van der Waals surface area contributed by atoms with Gasteiger partial charge in [0.2, 0.25) is 17.7 Å². The molecule has 15 heteroatoms. The number of carboxylic acids is 1. The Labute approximate surface area is 728 Å². The van der Waals surface area contributed by atoms with Crippen LogP contribution in [0.5, 0.6) is 0 Å². The van der Waals surface area contributed by atoms with Crippen molar-refractivity contribution in [1.29, 1.82) is 0 Å². The molecule has 20 fully saturated rings. The van der Waals surface area contributed by atoms with Crippen molar-refractivity contribution < 1.29 is 49.1 Å². The number of ether oxygens (including phenoxy) is 2. The van der Waals surface area contributed by atoms with Crippen LogP contribution in [-0.4, -0.2) is 130 Å². The summed E-state index contributed by atoms with van der Waals surface area (Å²) < 4.78 is 12.5. The SMILES string of the molecule is CCC(=O)N(C)[C@@H](C)[C@@H](O)c1ccccc1.C[C@H](CCC12CC3CC(CC(C3)C1)C2)C(=O)N(C)[C@@H](C)[C@@H](O)c1ccccc1.C[C@H](CCC12CC3CC(CC(C3)C1)C2)C(=O)NCCOCCOCCCCCCCl.C[C@H](CCC12CC3CC(CC(C3)C1)C2)C(=O)O.ICCC12CC3CC(CC(C3)C1)C2.OCCC12CC3CC(CC(C3)C1)C2. The molecule has 2 aromatic carbocycles. The molecule has 0 radical (unpaired) electrons. The molecule has 7 atom stereocenters. The van der Waals surface area contributed by atoms with Crippen molar-refractivity contribution in [3.63, 3.8) is 0 Å². The first kappa shape index (κ1) is 93.3. The lowest BCUT2D eigenvalue weighted by molar-refractivity contribution is -0.142. The summed E-state index contributed by atoms with van der Waals surface area (Å²) in [5.41, 5.74) is 4.83. The molecule has 3 amide bonds. The quantitative estimate of drug-likeness (QED) is 0.0253. The number of nitrogens with one attached hydrogen (secondary N) is 1. The number of aliphatic carboxylic acids is 1. The van der Waals surface area contributed by atoms with E-state index in [1.54, 1.807) is 55.4 Å². The van der Waals surface area contributed by atoms with Crippen molar-refractivity contribution in [1.82, 2.24) is 15.1 Å². The number of hydrogen-bond acceptors (Lipinski definition) is 9. The number of amides is 3. The highest BCUT2D eigenvalue weighted by Gasteiger charge is 2.55. The van der Waals surface area contributed by atoms with E-state index in [4.69, 9.17) is 31.3 Å². The molecule has 0 aliphatic heterocycles. The van der Waals surface area contributed by atoms with Crippen molar-refractivity contribution in [2.24, 2.45) is 134 Å². The standard InChI is InChI=1S/C25H44ClNO3.C25H37NO2.C15H24O2.C13H19NO2.C12H19I.C12H20O/c1-20(6-7-25-17-21-14-22(18-25)16-23(15-21)19-25)24(28)27-9-11-30-13-12-29-10-5-3-2-4-8-26;1-17(9-10-25-14-19-11-20(15-25)13-21(12-19)16-25)24(28)26(3)18(2)23(27)22-7-5-4-6-8-22;1-10(14(16)17)2-3-15-7-11-4-12(8-15)6-13(5-11)9-15;1-4-12(15)14(3)10(2)13(16)11-8-6-5-7-9-11;2*13-2-1-12-6-9-3-10(7-12)5-11(4-9)8-12/h20-23H,2-19H2,1H3,(H,27,28);4-8,17-21,23,27H,9-16H2,1-3H3;10-13H,2-9H2,1H3,(H,16,17);5-10,13,16H,4H2,1-3H3;9-11H,1-8H2;9-11,13H,1-8H2/t20-,21?,22?,23?,25?;17-,18+,19?,20?,21?,23-,25?;10-,11?,12?,13?,15?;10-,13+;;/m1110../s1. The summed E-state index contributed by atoms with van der Waals surface area (Å²) in [5, 5.41) is 42.0. The maximum Gasteiger partial charge on any atom is 0.306 e. The van der Waals surface area contributed by atoms with Crippen LogP contribution in [0.25, 0.3) is 0 Å². The Morgan fingerprint density at radius 1 is 0.436 bits per heavy atom. The number of halogens is 2. The molecule has 5 N–H and O–H groups in total. The fraction of sp³-hybridized carbons (Fsp3) is 0.843. The van der Waals surface area contributed by atoms with Gasteiger partial charge >= 0.3 is 5.97 Å². The van der Waals surface area contributed by atoms with Gasteiger partial charge < -0.3 is 45.0 Å². The fourth-order valence-electron chi connectivity index (χ4n) is 30.1. The van der Waals surface area contributed by atoms with Gasteiger partial charge in [-0.05, 0) is 398 Å². The minimum Gasteiger partial charge on any atom is -0.481 e. The van der Waals surface area contributed by atoms with Gasteiger partial charge in [0.15, 0.2) is 0 Å². The molecular weight excluding hydrogens is 1590 g/mol. The van der Waals surface area contributed by atoms with E-state index in [2.05, 4.69) is 41.8 Å². The normalized spacial score (nSPS) is 36.2. The van der Waals surface area contributed by atoms with Crippen LogP contribution >= 0.6 is 34.2 Å². The summed E-state index contributed by atoms with van der Waals surface area (Å²) in [6, 6.07) is 18.6. The van der Waals surface area contributed by atoms with Crippen molar-refractivity contribution in [3.8, 4) is 0 Å².